The lowest BCUT2D eigenvalue weighted by Gasteiger charge is -2.03. The normalized spacial score (nSPS) is 10.1. The molecule has 0 saturated carbocycles. The topological polar surface area (TPSA) is 94.7 Å². The molecule has 1 aromatic carbocycles. The largest absolute Gasteiger partial charge is 0.463 e. The first-order valence-electron chi connectivity index (χ1n) is 6.63. The van der Waals surface area contributed by atoms with Crippen molar-refractivity contribution in [2.24, 2.45) is 0 Å². The Bertz CT molecular complexity index is 811. The van der Waals surface area contributed by atoms with Crippen LogP contribution >= 0.6 is 0 Å². The van der Waals surface area contributed by atoms with Crippen LogP contribution in [0.1, 0.15) is 16.1 Å². The first-order valence-corrected chi connectivity index (χ1v) is 6.63. The van der Waals surface area contributed by atoms with E-state index in [1.54, 1.807) is 48.7 Å². The van der Waals surface area contributed by atoms with Gasteiger partial charge in [-0.2, -0.15) is 10.4 Å². The van der Waals surface area contributed by atoms with E-state index in [4.69, 9.17) is 9.68 Å². The molecule has 0 aliphatic heterocycles. The molecule has 6 nitrogen and oxygen atoms in total. The fourth-order valence-electron chi connectivity index (χ4n) is 1.99. The zero-order valence-electron chi connectivity index (χ0n) is 11.5. The van der Waals surface area contributed by atoms with Crippen molar-refractivity contribution in [3.8, 4) is 17.5 Å². The van der Waals surface area contributed by atoms with Crippen LogP contribution < -0.4 is 5.32 Å². The lowest BCUT2D eigenvalue weighted by atomic mass is 10.1. The lowest BCUT2D eigenvalue weighted by Crippen LogP contribution is -2.12. The Morgan fingerprint density at radius 2 is 2.14 bits per heavy atom. The van der Waals surface area contributed by atoms with E-state index in [1.165, 1.54) is 0 Å². The van der Waals surface area contributed by atoms with E-state index in [-0.39, 0.29) is 11.6 Å². The molecule has 6 heteroatoms. The van der Waals surface area contributed by atoms with Crippen LogP contribution in [-0.2, 0) is 6.42 Å². The van der Waals surface area contributed by atoms with Crippen LogP contribution in [-0.4, -0.2) is 16.1 Å². The molecule has 0 aliphatic rings. The summed E-state index contributed by atoms with van der Waals surface area (Å²) in [6.45, 7) is 0. The van der Waals surface area contributed by atoms with Gasteiger partial charge in [-0.05, 0) is 29.8 Å². The standard InChI is InChI=1S/C16H12N4O2/c17-8-7-11-3-5-12(6-4-11)18-16(21)14-10-13(19-20-14)15-2-1-9-22-15/h1-6,9-10H,7H2,(H,18,21)(H,19,20). The molecule has 0 saturated heterocycles. The molecular formula is C16H12N4O2. The Hall–Kier alpha value is -3.33. The lowest BCUT2D eigenvalue weighted by molar-refractivity contribution is 0.102. The number of amides is 1. The van der Waals surface area contributed by atoms with Gasteiger partial charge in [0.2, 0.25) is 0 Å². The molecule has 0 aliphatic carbocycles. The van der Waals surface area contributed by atoms with E-state index < -0.39 is 0 Å². The Kier molecular flexibility index (Phi) is 3.70. The number of nitrogens with one attached hydrogen (secondary N) is 2. The van der Waals surface area contributed by atoms with Gasteiger partial charge in [0, 0.05) is 11.8 Å². The monoisotopic (exact) mass is 292 g/mol. The van der Waals surface area contributed by atoms with Gasteiger partial charge in [-0.1, -0.05) is 12.1 Å². The Morgan fingerprint density at radius 3 is 2.82 bits per heavy atom. The highest BCUT2D eigenvalue weighted by molar-refractivity contribution is 6.03. The van der Waals surface area contributed by atoms with Crippen molar-refractivity contribution >= 4 is 11.6 Å². The van der Waals surface area contributed by atoms with Crippen molar-refractivity contribution in [2.45, 2.75) is 6.42 Å². The fourth-order valence-corrected chi connectivity index (χ4v) is 1.99. The van der Waals surface area contributed by atoms with E-state index >= 15 is 0 Å². The third-order valence-corrected chi connectivity index (χ3v) is 3.09. The number of hydrogen-bond donors (Lipinski definition) is 2. The van der Waals surface area contributed by atoms with E-state index in [0.717, 1.165) is 5.56 Å². The van der Waals surface area contributed by atoms with Gasteiger partial charge in [-0.3, -0.25) is 9.89 Å². The van der Waals surface area contributed by atoms with Crippen LogP contribution in [0, 0.1) is 11.3 Å². The van der Waals surface area contributed by atoms with Crippen LogP contribution in [0.4, 0.5) is 5.69 Å². The van der Waals surface area contributed by atoms with Crippen LogP contribution in [0.3, 0.4) is 0 Å². The summed E-state index contributed by atoms with van der Waals surface area (Å²) in [5.74, 6) is 0.300. The summed E-state index contributed by atoms with van der Waals surface area (Å²) in [5.41, 5.74) is 2.46. The predicted molar refractivity (Wildman–Crippen MR) is 80.0 cm³/mol. The van der Waals surface area contributed by atoms with Gasteiger partial charge in [0.1, 0.15) is 5.69 Å². The smallest absolute Gasteiger partial charge is 0.276 e. The van der Waals surface area contributed by atoms with Crippen LogP contribution in [0.25, 0.3) is 11.5 Å². The Morgan fingerprint density at radius 1 is 1.32 bits per heavy atom. The SMILES string of the molecule is N#CCc1ccc(NC(=O)c2cc(-c3ccco3)[nH]n2)cc1. The number of furan rings is 1. The molecule has 2 N–H and O–H groups in total. The van der Waals surface area contributed by atoms with Crippen molar-refractivity contribution in [1.29, 1.82) is 5.26 Å². The number of H-pyrrole nitrogens is 1. The van der Waals surface area contributed by atoms with Gasteiger partial charge in [0.15, 0.2) is 11.5 Å². The van der Waals surface area contributed by atoms with Crippen LogP contribution in [0.15, 0.2) is 53.1 Å². The number of carbonyl (C=O) groups is 1. The van der Waals surface area contributed by atoms with Crippen molar-refractivity contribution < 1.29 is 9.21 Å². The minimum Gasteiger partial charge on any atom is -0.463 e. The average molecular weight is 292 g/mol. The van der Waals surface area contributed by atoms with E-state index in [1.807, 2.05) is 0 Å². The Labute approximate surface area is 126 Å². The summed E-state index contributed by atoms with van der Waals surface area (Å²) in [7, 11) is 0. The van der Waals surface area contributed by atoms with Gasteiger partial charge in [-0.15, -0.1) is 0 Å². The number of carbonyl (C=O) groups excluding carboxylic acids is 1. The summed E-state index contributed by atoms with van der Waals surface area (Å²) in [6.07, 6.45) is 1.90. The molecule has 0 atom stereocenters. The average Bonchev–Trinajstić information content (AvgIpc) is 3.20. The predicted octanol–water partition coefficient (Wildman–Crippen LogP) is 2.99. The molecule has 108 valence electrons. The van der Waals surface area contributed by atoms with Gasteiger partial charge in [-0.25, -0.2) is 0 Å². The maximum Gasteiger partial charge on any atom is 0.276 e. The molecule has 22 heavy (non-hydrogen) atoms. The summed E-state index contributed by atoms with van der Waals surface area (Å²) in [5, 5.41) is 18.1. The van der Waals surface area contributed by atoms with E-state index in [9.17, 15) is 4.79 Å². The number of aromatic amines is 1. The summed E-state index contributed by atoms with van der Waals surface area (Å²) < 4.78 is 5.24. The molecule has 1 amide bonds. The zero-order chi connectivity index (χ0) is 15.4. The van der Waals surface area contributed by atoms with Crippen molar-refractivity contribution in [3.05, 3.63) is 60.0 Å². The van der Waals surface area contributed by atoms with Crippen LogP contribution in [0.2, 0.25) is 0 Å². The molecule has 2 aromatic heterocycles. The quantitative estimate of drug-likeness (QED) is 0.772. The Balaban J connectivity index is 1.71. The number of nitriles is 1. The first kappa shape index (κ1) is 13.6. The summed E-state index contributed by atoms with van der Waals surface area (Å²) in [6, 6.07) is 14.4. The van der Waals surface area contributed by atoms with Gasteiger partial charge < -0.3 is 9.73 Å². The number of hydrogen-bond acceptors (Lipinski definition) is 4. The molecule has 0 spiro atoms. The van der Waals surface area contributed by atoms with Crippen molar-refractivity contribution in [1.82, 2.24) is 10.2 Å². The maximum absolute atomic E-state index is 12.1. The van der Waals surface area contributed by atoms with Crippen molar-refractivity contribution in [2.75, 3.05) is 5.32 Å². The van der Waals surface area contributed by atoms with Crippen LogP contribution in [0.5, 0.6) is 0 Å². The highest BCUT2D eigenvalue weighted by atomic mass is 16.3. The molecule has 3 rings (SSSR count). The van der Waals surface area contributed by atoms with E-state index in [0.29, 0.717) is 23.6 Å². The molecule has 0 unspecified atom stereocenters. The fraction of sp³-hybridized carbons (Fsp3) is 0.0625. The minimum absolute atomic E-state index is 0.271. The molecule has 0 bridgehead atoms. The number of nitrogens with zero attached hydrogens (tertiary/aromatic N) is 2. The molecular weight excluding hydrogens is 280 g/mol. The first-order chi connectivity index (χ1) is 10.8. The highest BCUT2D eigenvalue weighted by Gasteiger charge is 2.12. The number of benzene rings is 1. The molecule has 3 aromatic rings. The third-order valence-electron chi connectivity index (χ3n) is 3.09. The number of aromatic nitrogens is 2. The third kappa shape index (κ3) is 2.88. The van der Waals surface area contributed by atoms with Gasteiger partial charge in [0.05, 0.1) is 18.8 Å². The second kappa shape index (κ2) is 5.97. The molecule has 0 radical (unpaired) electrons. The second-order valence-electron chi connectivity index (χ2n) is 4.63. The van der Waals surface area contributed by atoms with Gasteiger partial charge >= 0.3 is 0 Å². The minimum atomic E-state index is -0.318. The molecule has 0 fully saturated rings. The zero-order valence-corrected chi connectivity index (χ0v) is 11.5. The summed E-state index contributed by atoms with van der Waals surface area (Å²) >= 11 is 0. The van der Waals surface area contributed by atoms with Gasteiger partial charge in [0.25, 0.3) is 5.91 Å². The second-order valence-corrected chi connectivity index (χ2v) is 4.63. The van der Waals surface area contributed by atoms with E-state index in [2.05, 4.69) is 21.6 Å². The highest BCUT2D eigenvalue weighted by Crippen LogP contribution is 2.18. The van der Waals surface area contributed by atoms with Crippen molar-refractivity contribution in [3.63, 3.8) is 0 Å². The molecule has 2 heterocycles. The maximum atomic E-state index is 12.1. The summed E-state index contributed by atoms with van der Waals surface area (Å²) in [4.78, 5) is 12.1. The number of anilines is 1. The number of rotatable bonds is 4.